The molecule has 0 bridgehead atoms. The SMILES string of the molecule is O=P(O)(O)ONC(c1ccc(Oc2ccccc2)cc1)c1ccc(Oc2ccccc2)cc1. The maximum Gasteiger partial charge on any atom is 0.486 e. The third kappa shape index (κ3) is 6.76. The fourth-order valence-corrected chi connectivity index (χ4v) is 3.40. The topological polar surface area (TPSA) is 97.3 Å². The van der Waals surface area contributed by atoms with Gasteiger partial charge in [-0.05, 0) is 59.7 Å². The minimum atomic E-state index is -4.73. The van der Waals surface area contributed by atoms with Crippen LogP contribution in [0.4, 0.5) is 0 Å². The minimum absolute atomic E-state index is 0.631. The van der Waals surface area contributed by atoms with Gasteiger partial charge in [0.05, 0.1) is 6.04 Å². The first-order valence-corrected chi connectivity index (χ1v) is 11.6. The Bertz CT molecular complexity index is 1110. The summed E-state index contributed by atoms with van der Waals surface area (Å²) in [6.45, 7) is 0. The summed E-state index contributed by atoms with van der Waals surface area (Å²) in [6.07, 6.45) is 0. The molecule has 0 radical (unpaired) electrons. The molecule has 4 aromatic rings. The smallest absolute Gasteiger partial charge is 0.457 e. The van der Waals surface area contributed by atoms with E-state index >= 15 is 0 Å². The van der Waals surface area contributed by atoms with Gasteiger partial charge in [0.15, 0.2) is 0 Å². The van der Waals surface area contributed by atoms with Gasteiger partial charge in [0.1, 0.15) is 23.0 Å². The maximum atomic E-state index is 11.3. The summed E-state index contributed by atoms with van der Waals surface area (Å²) in [5.41, 5.74) is 3.93. The van der Waals surface area contributed by atoms with Crippen molar-refractivity contribution in [2.75, 3.05) is 0 Å². The van der Waals surface area contributed by atoms with Gasteiger partial charge in [-0.1, -0.05) is 60.7 Å². The molecule has 8 heteroatoms. The van der Waals surface area contributed by atoms with Gasteiger partial charge in [-0.25, -0.2) is 4.57 Å². The Morgan fingerprint density at radius 3 is 1.30 bits per heavy atom. The Labute approximate surface area is 191 Å². The third-order valence-electron chi connectivity index (χ3n) is 4.67. The molecule has 0 aliphatic heterocycles. The van der Waals surface area contributed by atoms with Crippen LogP contribution in [0.25, 0.3) is 0 Å². The van der Waals surface area contributed by atoms with Crippen molar-refractivity contribution < 1.29 is 28.5 Å². The lowest BCUT2D eigenvalue weighted by Gasteiger charge is -2.20. The minimum Gasteiger partial charge on any atom is -0.457 e. The standard InChI is InChI=1S/C25H22NO6P/c27-33(28,29)32-26-25(19-11-15-23(16-12-19)30-21-7-3-1-4-8-21)20-13-17-24(18-14-20)31-22-9-5-2-6-10-22/h1-18,25-26H,(H2,27,28,29). The van der Waals surface area contributed by atoms with E-state index in [-0.39, 0.29) is 0 Å². The van der Waals surface area contributed by atoms with Crippen molar-refractivity contribution in [2.45, 2.75) is 6.04 Å². The van der Waals surface area contributed by atoms with E-state index in [1.165, 1.54) is 0 Å². The highest BCUT2D eigenvalue weighted by Crippen LogP contribution is 2.37. The fraction of sp³-hybridized carbons (Fsp3) is 0.0400. The van der Waals surface area contributed by atoms with Crippen molar-refractivity contribution in [3.05, 3.63) is 120 Å². The maximum absolute atomic E-state index is 11.3. The molecule has 0 atom stereocenters. The molecule has 0 saturated carbocycles. The quantitative estimate of drug-likeness (QED) is 0.208. The van der Waals surface area contributed by atoms with Crippen molar-refractivity contribution in [3.8, 4) is 23.0 Å². The van der Waals surface area contributed by atoms with Gasteiger partial charge >= 0.3 is 7.82 Å². The largest absolute Gasteiger partial charge is 0.486 e. The van der Waals surface area contributed by atoms with Gasteiger partial charge in [-0.3, -0.25) is 0 Å². The number of nitrogens with one attached hydrogen (secondary N) is 1. The van der Waals surface area contributed by atoms with E-state index in [1.807, 2.05) is 60.7 Å². The van der Waals surface area contributed by atoms with Crippen LogP contribution in [0.2, 0.25) is 0 Å². The molecule has 7 nitrogen and oxygen atoms in total. The van der Waals surface area contributed by atoms with E-state index in [2.05, 4.69) is 10.1 Å². The normalized spacial score (nSPS) is 11.4. The van der Waals surface area contributed by atoms with Gasteiger partial charge in [-0.2, -0.15) is 10.1 Å². The monoisotopic (exact) mass is 463 g/mol. The van der Waals surface area contributed by atoms with Crippen LogP contribution in [0.15, 0.2) is 109 Å². The average Bonchev–Trinajstić information content (AvgIpc) is 2.82. The lowest BCUT2D eigenvalue weighted by molar-refractivity contribution is 0.108. The zero-order valence-electron chi connectivity index (χ0n) is 17.4. The summed E-state index contributed by atoms with van der Waals surface area (Å²) < 4.78 is 27.5. The molecule has 0 unspecified atom stereocenters. The van der Waals surface area contributed by atoms with Crippen molar-refractivity contribution >= 4 is 7.82 Å². The van der Waals surface area contributed by atoms with Crippen LogP contribution in [0.5, 0.6) is 23.0 Å². The van der Waals surface area contributed by atoms with Crippen LogP contribution in [0.1, 0.15) is 17.2 Å². The number of para-hydroxylation sites is 2. The van der Waals surface area contributed by atoms with Crippen molar-refractivity contribution in [2.24, 2.45) is 0 Å². The summed E-state index contributed by atoms with van der Waals surface area (Å²) in [5, 5.41) is 0. The summed E-state index contributed by atoms with van der Waals surface area (Å²) in [7, 11) is -4.73. The number of hydroxylamine groups is 1. The highest BCUT2D eigenvalue weighted by molar-refractivity contribution is 7.46. The molecule has 0 spiro atoms. The molecule has 0 aromatic heterocycles. The molecule has 33 heavy (non-hydrogen) atoms. The summed E-state index contributed by atoms with van der Waals surface area (Å²) in [4.78, 5) is 18.3. The van der Waals surface area contributed by atoms with E-state index in [9.17, 15) is 4.57 Å². The van der Waals surface area contributed by atoms with Crippen molar-refractivity contribution in [3.63, 3.8) is 0 Å². The van der Waals surface area contributed by atoms with E-state index < -0.39 is 13.9 Å². The van der Waals surface area contributed by atoms with Gasteiger partial charge < -0.3 is 19.3 Å². The van der Waals surface area contributed by atoms with Crippen LogP contribution < -0.4 is 15.0 Å². The molecule has 0 heterocycles. The third-order valence-corrected chi connectivity index (χ3v) is 5.02. The van der Waals surface area contributed by atoms with E-state index in [0.717, 1.165) is 11.1 Å². The highest BCUT2D eigenvalue weighted by Gasteiger charge is 2.21. The number of rotatable bonds is 9. The van der Waals surface area contributed by atoms with Gasteiger partial charge in [0.25, 0.3) is 0 Å². The Hall–Kier alpha value is -3.45. The molecule has 0 amide bonds. The lowest BCUT2D eigenvalue weighted by atomic mass is 9.99. The zero-order chi connectivity index (χ0) is 23.1. The second-order valence-electron chi connectivity index (χ2n) is 7.10. The molecule has 168 valence electrons. The van der Waals surface area contributed by atoms with Crippen LogP contribution in [0, 0.1) is 0 Å². The number of hydrogen-bond acceptors (Lipinski definition) is 5. The van der Waals surface area contributed by atoms with E-state index in [0.29, 0.717) is 23.0 Å². The van der Waals surface area contributed by atoms with Crippen molar-refractivity contribution in [1.82, 2.24) is 5.48 Å². The highest BCUT2D eigenvalue weighted by atomic mass is 31.2. The van der Waals surface area contributed by atoms with Crippen LogP contribution in [-0.4, -0.2) is 9.79 Å². The van der Waals surface area contributed by atoms with E-state index in [4.69, 9.17) is 19.3 Å². The zero-order valence-corrected chi connectivity index (χ0v) is 18.3. The Morgan fingerprint density at radius 1 is 0.576 bits per heavy atom. The second kappa shape index (κ2) is 10.4. The fourth-order valence-electron chi connectivity index (χ4n) is 3.16. The first-order chi connectivity index (χ1) is 16.0. The molecule has 4 aromatic carbocycles. The predicted molar refractivity (Wildman–Crippen MR) is 124 cm³/mol. The Balaban J connectivity index is 1.53. The number of benzene rings is 4. The Morgan fingerprint density at radius 2 is 0.939 bits per heavy atom. The molecule has 0 aliphatic carbocycles. The van der Waals surface area contributed by atoms with Crippen LogP contribution in [0.3, 0.4) is 0 Å². The van der Waals surface area contributed by atoms with Crippen molar-refractivity contribution in [1.29, 1.82) is 0 Å². The van der Waals surface area contributed by atoms with Gasteiger partial charge in [0, 0.05) is 0 Å². The molecular weight excluding hydrogens is 441 g/mol. The first kappa shape index (κ1) is 22.7. The molecule has 0 fully saturated rings. The average molecular weight is 463 g/mol. The van der Waals surface area contributed by atoms with Crippen LogP contribution in [-0.2, 0) is 9.19 Å². The second-order valence-corrected chi connectivity index (χ2v) is 8.26. The molecular formula is C25H22NO6P. The molecule has 0 saturated heterocycles. The summed E-state index contributed by atoms with van der Waals surface area (Å²) >= 11 is 0. The molecule has 0 aliphatic rings. The number of phosphoric acid groups is 1. The number of hydrogen-bond donors (Lipinski definition) is 3. The Kier molecular flexibility index (Phi) is 7.19. The molecule has 3 N–H and O–H groups in total. The van der Waals surface area contributed by atoms with Crippen LogP contribution >= 0.6 is 7.82 Å². The summed E-state index contributed by atoms with van der Waals surface area (Å²) in [5.74, 6) is 2.68. The first-order valence-electron chi connectivity index (χ1n) is 10.1. The summed E-state index contributed by atoms with van der Waals surface area (Å²) in [6, 6.07) is 32.4. The molecule has 4 rings (SSSR count). The lowest BCUT2D eigenvalue weighted by Crippen LogP contribution is -2.21. The van der Waals surface area contributed by atoms with E-state index in [1.54, 1.807) is 48.5 Å². The van der Waals surface area contributed by atoms with Gasteiger partial charge in [0.2, 0.25) is 0 Å². The number of ether oxygens (including phenoxy) is 2. The predicted octanol–water partition coefficient (Wildman–Crippen LogP) is 5.97. The van der Waals surface area contributed by atoms with Gasteiger partial charge in [-0.15, -0.1) is 0 Å².